The van der Waals surface area contributed by atoms with Crippen molar-refractivity contribution in [3.05, 3.63) is 0 Å². The smallest absolute Gasteiger partial charge is 0.222 e. The van der Waals surface area contributed by atoms with Gasteiger partial charge in [0.25, 0.3) is 0 Å². The molecule has 1 aliphatic rings. The number of nitrogens with one attached hydrogen (secondary N) is 1. The molecule has 0 saturated heterocycles. The normalized spacial score (nSPS) is 19.7. The van der Waals surface area contributed by atoms with Crippen molar-refractivity contribution < 1.29 is 4.79 Å². The van der Waals surface area contributed by atoms with Gasteiger partial charge in [0.15, 0.2) is 0 Å². The fraction of sp³-hybridized carbons (Fsp3) is 0.900. The van der Waals surface area contributed by atoms with Crippen LogP contribution in [0.1, 0.15) is 33.1 Å². The van der Waals surface area contributed by atoms with E-state index in [9.17, 15) is 4.79 Å². The summed E-state index contributed by atoms with van der Waals surface area (Å²) in [5.74, 6) is 0.217. The molecule has 76 valence electrons. The Morgan fingerprint density at radius 2 is 2.15 bits per heavy atom. The summed E-state index contributed by atoms with van der Waals surface area (Å²) in [7, 11) is 0. The van der Waals surface area contributed by atoms with Gasteiger partial charge in [0.05, 0.1) is 0 Å². The molecular weight excluding hydrogens is 164 g/mol. The SMILES string of the molecule is CC(C)C(=O)NCC1(CN)CCC1. The van der Waals surface area contributed by atoms with Crippen LogP contribution in [0.4, 0.5) is 0 Å². The maximum atomic E-state index is 11.3. The molecule has 13 heavy (non-hydrogen) atoms. The predicted molar refractivity (Wildman–Crippen MR) is 53.2 cm³/mol. The van der Waals surface area contributed by atoms with Crippen LogP contribution in [0, 0.1) is 11.3 Å². The third-order valence-electron chi connectivity index (χ3n) is 3.01. The molecule has 0 aliphatic heterocycles. The predicted octanol–water partition coefficient (Wildman–Crippen LogP) is 0.888. The first-order chi connectivity index (χ1) is 6.09. The third kappa shape index (κ3) is 2.44. The molecule has 0 spiro atoms. The molecule has 0 aromatic heterocycles. The topological polar surface area (TPSA) is 55.1 Å². The van der Waals surface area contributed by atoms with Crippen molar-refractivity contribution in [3.63, 3.8) is 0 Å². The molecule has 0 atom stereocenters. The van der Waals surface area contributed by atoms with Crippen molar-refractivity contribution in [1.29, 1.82) is 0 Å². The van der Waals surface area contributed by atoms with Gasteiger partial charge in [-0.25, -0.2) is 0 Å². The summed E-state index contributed by atoms with van der Waals surface area (Å²) in [6.07, 6.45) is 3.60. The Labute approximate surface area is 80.1 Å². The number of hydrogen-bond acceptors (Lipinski definition) is 2. The van der Waals surface area contributed by atoms with Crippen LogP contribution in [0.25, 0.3) is 0 Å². The lowest BCUT2D eigenvalue weighted by Gasteiger charge is -2.41. The van der Waals surface area contributed by atoms with Crippen molar-refractivity contribution in [2.45, 2.75) is 33.1 Å². The first-order valence-corrected chi connectivity index (χ1v) is 5.07. The molecule has 1 amide bonds. The van der Waals surface area contributed by atoms with Gasteiger partial charge >= 0.3 is 0 Å². The Morgan fingerprint density at radius 1 is 1.54 bits per heavy atom. The number of amides is 1. The zero-order chi connectivity index (χ0) is 9.90. The minimum Gasteiger partial charge on any atom is -0.355 e. The highest BCUT2D eigenvalue weighted by molar-refractivity contribution is 5.77. The quantitative estimate of drug-likeness (QED) is 0.681. The van der Waals surface area contributed by atoms with E-state index in [4.69, 9.17) is 5.73 Å². The van der Waals surface area contributed by atoms with Crippen molar-refractivity contribution in [2.75, 3.05) is 13.1 Å². The van der Waals surface area contributed by atoms with Crippen LogP contribution >= 0.6 is 0 Å². The van der Waals surface area contributed by atoms with Crippen LogP contribution < -0.4 is 11.1 Å². The summed E-state index contributed by atoms with van der Waals surface area (Å²) >= 11 is 0. The van der Waals surface area contributed by atoms with Crippen LogP contribution in [0.15, 0.2) is 0 Å². The molecule has 0 radical (unpaired) electrons. The van der Waals surface area contributed by atoms with Gasteiger partial charge in [-0.3, -0.25) is 4.79 Å². The Morgan fingerprint density at radius 3 is 2.46 bits per heavy atom. The van der Waals surface area contributed by atoms with Crippen LogP contribution in [-0.2, 0) is 4.79 Å². The largest absolute Gasteiger partial charge is 0.355 e. The lowest BCUT2D eigenvalue weighted by molar-refractivity contribution is -0.124. The molecule has 1 rings (SSSR count). The van der Waals surface area contributed by atoms with E-state index >= 15 is 0 Å². The second kappa shape index (κ2) is 4.09. The molecule has 0 aromatic rings. The molecule has 1 fully saturated rings. The highest BCUT2D eigenvalue weighted by atomic mass is 16.1. The molecule has 3 N–H and O–H groups in total. The van der Waals surface area contributed by atoms with Gasteiger partial charge in [0, 0.05) is 12.5 Å². The van der Waals surface area contributed by atoms with Gasteiger partial charge in [0.1, 0.15) is 0 Å². The first kappa shape index (κ1) is 10.5. The summed E-state index contributed by atoms with van der Waals surface area (Å²) < 4.78 is 0. The second-order valence-electron chi connectivity index (χ2n) is 4.43. The van der Waals surface area contributed by atoms with Crippen molar-refractivity contribution >= 4 is 5.91 Å². The molecule has 0 heterocycles. The summed E-state index contributed by atoms with van der Waals surface area (Å²) in [4.78, 5) is 11.3. The van der Waals surface area contributed by atoms with E-state index in [2.05, 4.69) is 5.32 Å². The van der Waals surface area contributed by atoms with Gasteiger partial charge in [-0.05, 0) is 24.8 Å². The number of nitrogens with two attached hydrogens (primary N) is 1. The minimum absolute atomic E-state index is 0.0786. The summed E-state index contributed by atoms with van der Waals surface area (Å²) in [5.41, 5.74) is 5.91. The molecule has 3 heteroatoms. The van der Waals surface area contributed by atoms with Gasteiger partial charge in [0.2, 0.25) is 5.91 Å². The molecule has 0 unspecified atom stereocenters. The minimum atomic E-state index is 0.0786. The fourth-order valence-electron chi connectivity index (χ4n) is 1.61. The Hall–Kier alpha value is -0.570. The Bertz CT molecular complexity index is 180. The Kier molecular flexibility index (Phi) is 3.31. The van der Waals surface area contributed by atoms with Crippen molar-refractivity contribution in [2.24, 2.45) is 17.1 Å². The molecule has 3 nitrogen and oxygen atoms in total. The van der Waals surface area contributed by atoms with E-state index in [1.165, 1.54) is 19.3 Å². The zero-order valence-electron chi connectivity index (χ0n) is 8.60. The third-order valence-corrected chi connectivity index (χ3v) is 3.01. The van der Waals surface area contributed by atoms with Crippen LogP contribution in [-0.4, -0.2) is 19.0 Å². The van der Waals surface area contributed by atoms with E-state index in [1.807, 2.05) is 13.8 Å². The molecule has 0 bridgehead atoms. The van der Waals surface area contributed by atoms with Crippen molar-refractivity contribution in [3.8, 4) is 0 Å². The lowest BCUT2D eigenvalue weighted by Crippen LogP contribution is -2.47. The standard InChI is InChI=1S/C10H20N2O/c1-8(2)9(13)12-7-10(6-11)4-3-5-10/h8H,3-7,11H2,1-2H3,(H,12,13). The van der Waals surface area contributed by atoms with E-state index in [1.54, 1.807) is 0 Å². The highest BCUT2D eigenvalue weighted by Gasteiger charge is 2.35. The zero-order valence-corrected chi connectivity index (χ0v) is 8.60. The number of rotatable bonds is 4. The van der Waals surface area contributed by atoms with Gasteiger partial charge in [-0.1, -0.05) is 20.3 Å². The maximum Gasteiger partial charge on any atom is 0.222 e. The highest BCUT2D eigenvalue weighted by Crippen LogP contribution is 2.39. The van der Waals surface area contributed by atoms with E-state index in [0.717, 1.165) is 6.54 Å². The van der Waals surface area contributed by atoms with Gasteiger partial charge in [-0.2, -0.15) is 0 Å². The monoisotopic (exact) mass is 184 g/mol. The van der Waals surface area contributed by atoms with Crippen LogP contribution in [0.5, 0.6) is 0 Å². The van der Waals surface area contributed by atoms with Gasteiger partial charge < -0.3 is 11.1 Å². The second-order valence-corrected chi connectivity index (χ2v) is 4.43. The van der Waals surface area contributed by atoms with E-state index < -0.39 is 0 Å². The van der Waals surface area contributed by atoms with Crippen molar-refractivity contribution in [1.82, 2.24) is 5.32 Å². The molecule has 0 aromatic carbocycles. The Balaban J connectivity index is 2.28. The summed E-state index contributed by atoms with van der Waals surface area (Å²) in [6.45, 7) is 5.28. The number of carbonyl (C=O) groups excluding carboxylic acids is 1. The van der Waals surface area contributed by atoms with Crippen LogP contribution in [0.2, 0.25) is 0 Å². The van der Waals surface area contributed by atoms with Gasteiger partial charge in [-0.15, -0.1) is 0 Å². The summed E-state index contributed by atoms with van der Waals surface area (Å²) in [6, 6.07) is 0. The van der Waals surface area contributed by atoms with Crippen LogP contribution in [0.3, 0.4) is 0 Å². The molecule has 1 saturated carbocycles. The van der Waals surface area contributed by atoms with E-state index in [-0.39, 0.29) is 17.2 Å². The average Bonchev–Trinajstić information content (AvgIpc) is 2.02. The number of carbonyl (C=O) groups is 1. The maximum absolute atomic E-state index is 11.3. The first-order valence-electron chi connectivity index (χ1n) is 5.07. The average molecular weight is 184 g/mol. The number of hydrogen-bond donors (Lipinski definition) is 2. The lowest BCUT2D eigenvalue weighted by atomic mass is 9.69. The van der Waals surface area contributed by atoms with E-state index in [0.29, 0.717) is 6.54 Å². The molecular formula is C10H20N2O. The fourth-order valence-corrected chi connectivity index (χ4v) is 1.61. The summed E-state index contributed by atoms with van der Waals surface area (Å²) in [5, 5.41) is 2.96. The molecule has 1 aliphatic carbocycles.